The lowest BCUT2D eigenvalue weighted by atomic mass is 10.1. The van der Waals surface area contributed by atoms with Gasteiger partial charge in [0.05, 0.1) is 12.6 Å². The molecule has 1 fully saturated rings. The summed E-state index contributed by atoms with van der Waals surface area (Å²) >= 11 is 0. The molecule has 2 aromatic rings. The summed E-state index contributed by atoms with van der Waals surface area (Å²) < 4.78 is 0. The SMILES string of the molecule is CC(=O)N1CCN(c2nc(NCC(c3ccccc3)N(C)C)c3c(n2)C(=O)N(C(C)C)C3)CC1. The van der Waals surface area contributed by atoms with Gasteiger partial charge in [-0.15, -0.1) is 0 Å². The van der Waals surface area contributed by atoms with Gasteiger partial charge in [-0.1, -0.05) is 30.3 Å². The van der Waals surface area contributed by atoms with Gasteiger partial charge in [-0.2, -0.15) is 4.98 Å². The van der Waals surface area contributed by atoms with Gasteiger partial charge in [-0.05, 0) is 33.5 Å². The van der Waals surface area contributed by atoms with Crippen molar-refractivity contribution in [3.63, 3.8) is 0 Å². The number of likely N-dealkylation sites (N-methyl/N-ethyl adjacent to an activating group) is 1. The van der Waals surface area contributed by atoms with E-state index in [1.807, 2.05) is 41.8 Å². The van der Waals surface area contributed by atoms with E-state index in [0.29, 0.717) is 56.7 Å². The molecule has 3 heterocycles. The molecule has 0 bridgehead atoms. The van der Waals surface area contributed by atoms with Crippen LogP contribution in [0.5, 0.6) is 0 Å². The highest BCUT2D eigenvalue weighted by Gasteiger charge is 2.35. The highest BCUT2D eigenvalue weighted by atomic mass is 16.2. The van der Waals surface area contributed by atoms with E-state index in [0.717, 1.165) is 5.56 Å². The van der Waals surface area contributed by atoms with Gasteiger partial charge in [0, 0.05) is 51.3 Å². The third-order valence-electron chi connectivity index (χ3n) is 6.69. The van der Waals surface area contributed by atoms with Gasteiger partial charge in [0.2, 0.25) is 11.9 Å². The highest BCUT2D eigenvalue weighted by molar-refractivity contribution is 5.98. The van der Waals surface area contributed by atoms with Gasteiger partial charge in [0.1, 0.15) is 11.5 Å². The Hall–Kier alpha value is -3.20. The number of amides is 2. The number of fused-ring (bicyclic) bond motifs is 1. The molecule has 4 rings (SSSR count). The largest absolute Gasteiger partial charge is 0.368 e. The number of piperazine rings is 1. The third kappa shape index (κ3) is 4.84. The van der Waals surface area contributed by atoms with Gasteiger partial charge in [0.25, 0.3) is 5.91 Å². The van der Waals surface area contributed by atoms with Crippen LogP contribution in [0.3, 0.4) is 0 Å². The van der Waals surface area contributed by atoms with Crippen molar-refractivity contribution >= 4 is 23.6 Å². The number of aromatic nitrogens is 2. The van der Waals surface area contributed by atoms with Crippen LogP contribution < -0.4 is 10.2 Å². The lowest BCUT2D eigenvalue weighted by Crippen LogP contribution is -2.48. The summed E-state index contributed by atoms with van der Waals surface area (Å²) in [6, 6.07) is 10.6. The zero-order valence-electron chi connectivity index (χ0n) is 20.8. The molecular weight excluding hydrogens is 430 g/mol. The summed E-state index contributed by atoms with van der Waals surface area (Å²) in [5.41, 5.74) is 2.55. The number of hydrogen-bond acceptors (Lipinski definition) is 7. The van der Waals surface area contributed by atoms with Crippen molar-refractivity contribution in [1.29, 1.82) is 0 Å². The number of anilines is 2. The molecule has 1 atom stereocenters. The van der Waals surface area contributed by atoms with Crippen LogP contribution in [-0.4, -0.2) is 89.3 Å². The molecule has 1 unspecified atom stereocenters. The Bertz CT molecular complexity index is 1030. The van der Waals surface area contributed by atoms with Crippen LogP contribution in [-0.2, 0) is 11.3 Å². The molecule has 1 N–H and O–H groups in total. The Morgan fingerprint density at radius 1 is 1.09 bits per heavy atom. The first kappa shape index (κ1) is 23.9. The number of nitrogens with one attached hydrogen (secondary N) is 1. The van der Waals surface area contributed by atoms with Crippen molar-refractivity contribution in [2.24, 2.45) is 0 Å². The van der Waals surface area contributed by atoms with Crippen LogP contribution >= 0.6 is 0 Å². The summed E-state index contributed by atoms with van der Waals surface area (Å²) in [4.78, 5) is 42.4. The van der Waals surface area contributed by atoms with Gasteiger partial charge in [0.15, 0.2) is 0 Å². The summed E-state index contributed by atoms with van der Waals surface area (Å²) in [6.45, 7) is 9.32. The molecular formula is C25H35N7O2. The second-order valence-corrected chi connectivity index (χ2v) is 9.49. The van der Waals surface area contributed by atoms with Crippen molar-refractivity contribution in [3.05, 3.63) is 47.2 Å². The average Bonchev–Trinajstić information content (AvgIpc) is 3.16. The van der Waals surface area contributed by atoms with Crippen LogP contribution in [0.4, 0.5) is 11.8 Å². The first-order valence-corrected chi connectivity index (χ1v) is 11.9. The molecule has 0 radical (unpaired) electrons. The van der Waals surface area contributed by atoms with Crippen molar-refractivity contribution in [3.8, 4) is 0 Å². The zero-order chi connectivity index (χ0) is 24.4. The Morgan fingerprint density at radius 3 is 2.35 bits per heavy atom. The topological polar surface area (TPSA) is 84.9 Å². The molecule has 9 heteroatoms. The number of benzene rings is 1. The van der Waals surface area contributed by atoms with Crippen LogP contribution in [0.2, 0.25) is 0 Å². The molecule has 1 saturated heterocycles. The lowest BCUT2D eigenvalue weighted by Gasteiger charge is -2.34. The first-order valence-electron chi connectivity index (χ1n) is 11.9. The van der Waals surface area contributed by atoms with Gasteiger partial charge >= 0.3 is 0 Å². The van der Waals surface area contributed by atoms with Crippen LogP contribution in [0, 0.1) is 0 Å². The molecule has 0 saturated carbocycles. The van der Waals surface area contributed by atoms with Crippen LogP contribution in [0.25, 0.3) is 0 Å². The molecule has 2 aliphatic heterocycles. The number of hydrogen-bond donors (Lipinski definition) is 1. The number of carbonyl (C=O) groups excluding carboxylic acids is 2. The Morgan fingerprint density at radius 2 is 1.76 bits per heavy atom. The smallest absolute Gasteiger partial charge is 0.273 e. The van der Waals surface area contributed by atoms with E-state index in [-0.39, 0.29) is 23.9 Å². The fourth-order valence-electron chi connectivity index (χ4n) is 4.57. The summed E-state index contributed by atoms with van der Waals surface area (Å²) in [6.07, 6.45) is 0. The minimum atomic E-state index is -0.0497. The predicted molar refractivity (Wildman–Crippen MR) is 133 cm³/mol. The molecule has 1 aromatic carbocycles. The van der Waals surface area contributed by atoms with Crippen LogP contribution in [0.1, 0.15) is 48.4 Å². The maximum absolute atomic E-state index is 13.2. The Kier molecular flexibility index (Phi) is 7.02. The van der Waals surface area contributed by atoms with E-state index in [1.165, 1.54) is 5.56 Å². The summed E-state index contributed by atoms with van der Waals surface area (Å²) in [5.74, 6) is 1.29. The summed E-state index contributed by atoms with van der Waals surface area (Å²) in [5, 5.41) is 3.55. The quantitative estimate of drug-likeness (QED) is 0.671. The van der Waals surface area contributed by atoms with E-state index >= 15 is 0 Å². The van der Waals surface area contributed by atoms with E-state index in [4.69, 9.17) is 9.97 Å². The van der Waals surface area contributed by atoms with E-state index in [9.17, 15) is 9.59 Å². The van der Waals surface area contributed by atoms with E-state index in [1.54, 1.807) is 6.92 Å². The maximum atomic E-state index is 13.2. The fraction of sp³-hybridized carbons (Fsp3) is 0.520. The molecule has 2 amide bonds. The predicted octanol–water partition coefficient (Wildman–Crippen LogP) is 2.22. The highest BCUT2D eigenvalue weighted by Crippen LogP contribution is 2.31. The number of rotatable bonds is 7. The Labute approximate surface area is 201 Å². The lowest BCUT2D eigenvalue weighted by molar-refractivity contribution is -0.129. The van der Waals surface area contributed by atoms with Crippen molar-refractivity contribution < 1.29 is 9.59 Å². The van der Waals surface area contributed by atoms with E-state index < -0.39 is 0 Å². The molecule has 0 spiro atoms. The number of carbonyl (C=O) groups is 2. The van der Waals surface area contributed by atoms with E-state index in [2.05, 4.69) is 41.3 Å². The maximum Gasteiger partial charge on any atom is 0.273 e. The van der Waals surface area contributed by atoms with Gasteiger partial charge in [-0.25, -0.2) is 4.98 Å². The molecule has 34 heavy (non-hydrogen) atoms. The molecule has 182 valence electrons. The Balaban J connectivity index is 1.63. The van der Waals surface area contributed by atoms with Gasteiger partial charge < -0.3 is 24.9 Å². The van der Waals surface area contributed by atoms with Crippen LogP contribution in [0.15, 0.2) is 30.3 Å². The molecule has 2 aliphatic rings. The molecule has 1 aromatic heterocycles. The standard InChI is InChI=1S/C25H35N7O2/c1-17(2)32-16-20-22(24(32)34)27-25(31-13-11-30(12-14-31)18(3)33)28-23(20)26-15-21(29(4)5)19-9-7-6-8-10-19/h6-10,17,21H,11-16H2,1-5H3,(H,26,27,28). The zero-order valence-corrected chi connectivity index (χ0v) is 20.8. The molecule has 0 aliphatic carbocycles. The summed E-state index contributed by atoms with van der Waals surface area (Å²) in [7, 11) is 4.13. The molecule has 9 nitrogen and oxygen atoms in total. The fourth-order valence-corrected chi connectivity index (χ4v) is 4.57. The normalized spacial score (nSPS) is 16.9. The van der Waals surface area contributed by atoms with Crippen molar-refractivity contribution in [2.75, 3.05) is 57.0 Å². The van der Waals surface area contributed by atoms with Gasteiger partial charge in [-0.3, -0.25) is 9.59 Å². The number of nitrogens with zero attached hydrogens (tertiary/aromatic N) is 6. The second kappa shape index (κ2) is 9.97. The van der Waals surface area contributed by atoms with Crippen molar-refractivity contribution in [1.82, 2.24) is 24.7 Å². The minimum Gasteiger partial charge on any atom is -0.368 e. The average molecular weight is 466 g/mol. The monoisotopic (exact) mass is 465 g/mol. The minimum absolute atomic E-state index is 0.0497. The third-order valence-corrected chi connectivity index (χ3v) is 6.69. The second-order valence-electron chi connectivity index (χ2n) is 9.49. The first-order chi connectivity index (χ1) is 16.3. The van der Waals surface area contributed by atoms with Crippen molar-refractivity contribution in [2.45, 2.75) is 39.4 Å².